The number of benzene rings is 2. The molecule has 2 N–H and O–H groups in total. The van der Waals surface area contributed by atoms with Gasteiger partial charge in [0.15, 0.2) is 5.65 Å². The minimum absolute atomic E-state index is 0.0522. The van der Waals surface area contributed by atoms with Crippen LogP contribution in [0.15, 0.2) is 65.2 Å². The third kappa shape index (κ3) is 4.82. The number of nitrogens with zero attached hydrogens (tertiary/aromatic N) is 4. The van der Waals surface area contributed by atoms with E-state index in [9.17, 15) is 14.9 Å². The molecule has 0 atom stereocenters. The van der Waals surface area contributed by atoms with Gasteiger partial charge in [0.2, 0.25) is 0 Å². The maximum Gasteiger partial charge on any atom is 0.266 e. The number of amides is 1. The number of aromatic amines is 1. The molecule has 0 bridgehead atoms. The predicted molar refractivity (Wildman–Crippen MR) is 134 cm³/mol. The molecule has 0 fully saturated rings. The van der Waals surface area contributed by atoms with Crippen LogP contribution in [0.25, 0.3) is 28.4 Å². The van der Waals surface area contributed by atoms with E-state index in [0.29, 0.717) is 39.3 Å². The first kappa shape index (κ1) is 23.4. The number of hydrogen-bond acceptors (Lipinski definition) is 6. The Morgan fingerprint density at radius 3 is 2.60 bits per heavy atom. The number of hydrogen-bond donors (Lipinski definition) is 2. The molecule has 0 aliphatic carbocycles. The van der Waals surface area contributed by atoms with Crippen molar-refractivity contribution in [2.75, 3.05) is 12.4 Å². The summed E-state index contributed by atoms with van der Waals surface area (Å²) in [7, 11) is 1.57. The number of H-pyrrole nitrogens is 1. The molecular formula is C26H24N6O3. The fourth-order valence-corrected chi connectivity index (χ4v) is 3.59. The smallest absolute Gasteiger partial charge is 0.266 e. The van der Waals surface area contributed by atoms with E-state index >= 15 is 0 Å². The van der Waals surface area contributed by atoms with E-state index in [0.717, 1.165) is 0 Å². The quantitative estimate of drug-likeness (QED) is 0.336. The molecule has 0 spiro atoms. The number of carbonyl (C=O) groups is 1. The fraction of sp³-hybridized carbons (Fsp3) is 0.192. The number of nitriles is 1. The minimum Gasteiger partial charge on any atom is -0.497 e. The monoisotopic (exact) mass is 468 g/mol. The second-order valence-electron chi connectivity index (χ2n) is 8.84. The lowest BCUT2D eigenvalue weighted by Gasteiger charge is -2.19. The molecule has 0 aliphatic heterocycles. The Morgan fingerprint density at radius 1 is 1.20 bits per heavy atom. The maximum atomic E-state index is 12.8. The van der Waals surface area contributed by atoms with Crippen LogP contribution >= 0.6 is 0 Å². The molecule has 0 aliphatic rings. The fourth-order valence-electron chi connectivity index (χ4n) is 3.59. The normalized spacial score (nSPS) is 11.8. The molecule has 2 heterocycles. The van der Waals surface area contributed by atoms with Crippen molar-refractivity contribution in [1.29, 1.82) is 5.26 Å². The van der Waals surface area contributed by atoms with Crippen molar-refractivity contribution in [3.63, 3.8) is 0 Å². The van der Waals surface area contributed by atoms with Gasteiger partial charge in [-0.2, -0.15) is 10.4 Å². The van der Waals surface area contributed by atoms with Crippen molar-refractivity contribution >= 4 is 28.7 Å². The standard InChI is InChI=1S/C26H24N6O3/c1-26(2,3)32-23-21(25(34)29-15-28-23)22(31-32)17-6-5-7-19(13-17)30-24(33)18(14-27)12-16-8-10-20(35-4)11-9-16/h5-13,15H,1-4H3,(H,30,33)(H,28,29,34)/b18-12+. The molecule has 35 heavy (non-hydrogen) atoms. The van der Waals surface area contributed by atoms with Gasteiger partial charge in [0.05, 0.1) is 19.0 Å². The first-order chi connectivity index (χ1) is 16.7. The van der Waals surface area contributed by atoms with Crippen molar-refractivity contribution in [3.8, 4) is 23.1 Å². The van der Waals surface area contributed by atoms with Gasteiger partial charge >= 0.3 is 0 Å². The second kappa shape index (κ2) is 9.27. The first-order valence-corrected chi connectivity index (χ1v) is 10.9. The largest absolute Gasteiger partial charge is 0.497 e. The number of rotatable bonds is 5. The van der Waals surface area contributed by atoms with Gasteiger partial charge in [0.1, 0.15) is 28.5 Å². The zero-order chi connectivity index (χ0) is 25.2. The van der Waals surface area contributed by atoms with Crippen molar-refractivity contribution in [2.24, 2.45) is 0 Å². The summed E-state index contributed by atoms with van der Waals surface area (Å²) in [6, 6.07) is 15.9. The number of ether oxygens (including phenoxy) is 1. The summed E-state index contributed by atoms with van der Waals surface area (Å²) in [5.41, 5.74) is 1.95. The SMILES string of the molecule is COc1ccc(/C=C(\C#N)C(=O)Nc2cccc(-c3nn(C(C)(C)C)c4nc[nH]c(=O)c34)c2)cc1. The summed E-state index contributed by atoms with van der Waals surface area (Å²) in [5.74, 6) is 0.127. The molecule has 0 unspecified atom stereocenters. The molecule has 9 nitrogen and oxygen atoms in total. The maximum absolute atomic E-state index is 12.8. The van der Waals surface area contributed by atoms with Crippen LogP contribution in [0, 0.1) is 11.3 Å². The van der Waals surface area contributed by atoms with Crippen molar-refractivity contribution < 1.29 is 9.53 Å². The number of anilines is 1. The van der Waals surface area contributed by atoms with Crippen LogP contribution in [0.1, 0.15) is 26.3 Å². The Bertz CT molecular complexity index is 1530. The van der Waals surface area contributed by atoms with Crippen LogP contribution in [-0.4, -0.2) is 32.8 Å². The highest BCUT2D eigenvalue weighted by Crippen LogP contribution is 2.29. The Morgan fingerprint density at radius 2 is 1.94 bits per heavy atom. The van der Waals surface area contributed by atoms with Gasteiger partial charge in [-0.05, 0) is 56.7 Å². The number of carbonyl (C=O) groups excluding carboxylic acids is 1. The highest BCUT2D eigenvalue weighted by molar-refractivity contribution is 6.10. The first-order valence-electron chi connectivity index (χ1n) is 10.9. The van der Waals surface area contributed by atoms with Gasteiger partial charge in [0, 0.05) is 11.3 Å². The minimum atomic E-state index is -0.551. The van der Waals surface area contributed by atoms with Crippen molar-refractivity contribution in [3.05, 3.63) is 76.3 Å². The third-order valence-electron chi connectivity index (χ3n) is 5.29. The van der Waals surface area contributed by atoms with E-state index in [1.807, 2.05) is 26.8 Å². The van der Waals surface area contributed by atoms with E-state index < -0.39 is 11.4 Å². The molecule has 4 aromatic rings. The van der Waals surface area contributed by atoms with E-state index in [-0.39, 0.29) is 11.1 Å². The Balaban J connectivity index is 1.68. The average molecular weight is 469 g/mol. The van der Waals surface area contributed by atoms with Crippen LogP contribution < -0.4 is 15.6 Å². The summed E-state index contributed by atoms with van der Waals surface area (Å²) < 4.78 is 6.84. The van der Waals surface area contributed by atoms with Gasteiger partial charge in [0.25, 0.3) is 11.5 Å². The van der Waals surface area contributed by atoms with Crippen LogP contribution in [0.4, 0.5) is 5.69 Å². The Hall–Kier alpha value is -4.71. The molecule has 176 valence electrons. The molecule has 9 heteroatoms. The number of aromatic nitrogens is 4. The summed E-state index contributed by atoms with van der Waals surface area (Å²) in [4.78, 5) is 32.4. The van der Waals surface area contributed by atoms with Crippen molar-refractivity contribution in [1.82, 2.24) is 19.7 Å². The topological polar surface area (TPSA) is 126 Å². The predicted octanol–water partition coefficient (Wildman–Crippen LogP) is 4.10. The van der Waals surface area contributed by atoms with Gasteiger partial charge in [-0.15, -0.1) is 0 Å². The van der Waals surface area contributed by atoms with Gasteiger partial charge in [-0.25, -0.2) is 9.67 Å². The number of fused-ring (bicyclic) bond motifs is 1. The molecule has 2 aromatic carbocycles. The van der Waals surface area contributed by atoms with E-state index in [2.05, 4.69) is 20.4 Å². The third-order valence-corrected chi connectivity index (χ3v) is 5.29. The van der Waals surface area contributed by atoms with E-state index in [4.69, 9.17) is 4.74 Å². The molecule has 1 amide bonds. The summed E-state index contributed by atoms with van der Waals surface area (Å²) in [5, 5.41) is 17.3. The summed E-state index contributed by atoms with van der Waals surface area (Å²) >= 11 is 0. The number of methoxy groups -OCH3 is 1. The lowest BCUT2D eigenvalue weighted by atomic mass is 10.1. The van der Waals surface area contributed by atoms with E-state index in [1.165, 1.54) is 12.4 Å². The summed E-state index contributed by atoms with van der Waals surface area (Å²) in [6.45, 7) is 5.92. The Kier molecular flexibility index (Phi) is 6.21. The Labute approximate surface area is 201 Å². The van der Waals surface area contributed by atoms with Crippen molar-refractivity contribution in [2.45, 2.75) is 26.3 Å². The average Bonchev–Trinajstić information content (AvgIpc) is 3.25. The van der Waals surface area contributed by atoms with Crippen LogP contribution in [0.2, 0.25) is 0 Å². The van der Waals surface area contributed by atoms with Gasteiger partial charge in [-0.1, -0.05) is 24.3 Å². The lowest BCUT2D eigenvalue weighted by molar-refractivity contribution is -0.112. The summed E-state index contributed by atoms with van der Waals surface area (Å²) in [6.07, 6.45) is 2.86. The van der Waals surface area contributed by atoms with Crippen LogP contribution in [0.3, 0.4) is 0 Å². The second-order valence-corrected chi connectivity index (χ2v) is 8.84. The molecule has 0 radical (unpaired) electrons. The zero-order valence-corrected chi connectivity index (χ0v) is 19.8. The lowest BCUT2D eigenvalue weighted by Crippen LogP contribution is -2.23. The van der Waals surface area contributed by atoms with Gasteiger partial charge in [-0.3, -0.25) is 9.59 Å². The van der Waals surface area contributed by atoms with Crippen LogP contribution in [0.5, 0.6) is 5.75 Å². The zero-order valence-electron chi connectivity index (χ0n) is 19.8. The number of nitrogens with one attached hydrogen (secondary N) is 2. The highest BCUT2D eigenvalue weighted by Gasteiger charge is 2.24. The van der Waals surface area contributed by atoms with E-state index in [1.54, 1.807) is 60.3 Å². The molecular weight excluding hydrogens is 444 g/mol. The molecule has 4 rings (SSSR count). The molecule has 2 aromatic heterocycles. The molecule has 0 saturated carbocycles. The highest BCUT2D eigenvalue weighted by atomic mass is 16.5. The molecule has 0 saturated heterocycles. The van der Waals surface area contributed by atoms with Gasteiger partial charge < -0.3 is 15.0 Å². The van der Waals surface area contributed by atoms with Crippen LogP contribution in [-0.2, 0) is 10.3 Å².